The standard InChI is InChI=1S/C6H11NO3.C3H8/c1-7-2-3-10-4-5(7)6(8)9;1-3-2/h5H,2-4H2,1H3,(H,8,9);3H2,1-2H3. The van der Waals surface area contributed by atoms with E-state index in [2.05, 4.69) is 13.8 Å². The molecule has 0 spiro atoms. The molecule has 0 aromatic carbocycles. The van der Waals surface area contributed by atoms with E-state index in [1.165, 1.54) is 6.42 Å². The van der Waals surface area contributed by atoms with Gasteiger partial charge in [-0.3, -0.25) is 9.69 Å². The quantitative estimate of drug-likeness (QED) is 0.663. The average Bonchev–Trinajstić information content (AvgIpc) is 2.06. The Hall–Kier alpha value is -0.610. The molecule has 1 atom stereocenters. The minimum absolute atomic E-state index is 0.311. The molecule has 0 amide bonds. The van der Waals surface area contributed by atoms with Crippen LogP contribution in [0.2, 0.25) is 0 Å². The number of morpholine rings is 1. The molecule has 13 heavy (non-hydrogen) atoms. The zero-order valence-electron chi connectivity index (χ0n) is 8.62. The van der Waals surface area contributed by atoms with Crippen molar-refractivity contribution in [2.45, 2.75) is 26.3 Å². The minimum Gasteiger partial charge on any atom is -0.480 e. The summed E-state index contributed by atoms with van der Waals surface area (Å²) in [6, 6.07) is -0.450. The molecule has 0 saturated carbocycles. The van der Waals surface area contributed by atoms with Crippen molar-refractivity contribution >= 4 is 5.97 Å². The summed E-state index contributed by atoms with van der Waals surface area (Å²) in [6.45, 7) is 5.91. The number of carboxylic acids is 1. The summed E-state index contributed by atoms with van der Waals surface area (Å²) in [7, 11) is 1.79. The fourth-order valence-electron chi connectivity index (χ4n) is 0.946. The highest BCUT2D eigenvalue weighted by molar-refractivity contribution is 5.73. The van der Waals surface area contributed by atoms with Crippen LogP contribution in [0.25, 0.3) is 0 Å². The zero-order chi connectivity index (χ0) is 10.3. The lowest BCUT2D eigenvalue weighted by molar-refractivity contribution is -0.148. The van der Waals surface area contributed by atoms with E-state index >= 15 is 0 Å². The van der Waals surface area contributed by atoms with E-state index in [-0.39, 0.29) is 0 Å². The Bertz CT molecular complexity index is 150. The van der Waals surface area contributed by atoms with Crippen molar-refractivity contribution in [3.05, 3.63) is 0 Å². The fourth-order valence-corrected chi connectivity index (χ4v) is 0.946. The van der Waals surface area contributed by atoms with E-state index < -0.39 is 12.0 Å². The van der Waals surface area contributed by atoms with E-state index in [1.54, 1.807) is 11.9 Å². The Morgan fingerprint density at radius 2 is 2.15 bits per heavy atom. The number of rotatable bonds is 1. The molecule has 0 radical (unpaired) electrons. The summed E-state index contributed by atoms with van der Waals surface area (Å²) in [5.74, 6) is -0.804. The van der Waals surface area contributed by atoms with Crippen molar-refractivity contribution in [3.8, 4) is 0 Å². The number of hydrogen-bond donors (Lipinski definition) is 1. The number of carbonyl (C=O) groups is 1. The van der Waals surface area contributed by atoms with Crippen LogP contribution >= 0.6 is 0 Å². The highest BCUT2D eigenvalue weighted by Gasteiger charge is 2.25. The molecule has 1 heterocycles. The van der Waals surface area contributed by atoms with Gasteiger partial charge in [-0.25, -0.2) is 0 Å². The monoisotopic (exact) mass is 189 g/mol. The summed E-state index contributed by atoms with van der Waals surface area (Å²) < 4.78 is 4.99. The van der Waals surface area contributed by atoms with Gasteiger partial charge in [0, 0.05) is 6.54 Å². The third kappa shape index (κ3) is 4.85. The lowest BCUT2D eigenvalue weighted by atomic mass is 10.2. The fraction of sp³-hybridized carbons (Fsp3) is 0.889. The third-order valence-corrected chi connectivity index (χ3v) is 1.68. The lowest BCUT2D eigenvalue weighted by Crippen LogP contribution is -2.47. The van der Waals surface area contributed by atoms with Gasteiger partial charge in [0.1, 0.15) is 6.04 Å². The van der Waals surface area contributed by atoms with Crippen molar-refractivity contribution in [1.82, 2.24) is 4.90 Å². The van der Waals surface area contributed by atoms with Gasteiger partial charge in [-0.2, -0.15) is 0 Å². The van der Waals surface area contributed by atoms with Crippen LogP contribution in [-0.4, -0.2) is 48.8 Å². The molecule has 1 rings (SSSR count). The van der Waals surface area contributed by atoms with Gasteiger partial charge in [0.15, 0.2) is 0 Å². The zero-order valence-corrected chi connectivity index (χ0v) is 8.62. The van der Waals surface area contributed by atoms with Crippen LogP contribution in [0.15, 0.2) is 0 Å². The lowest BCUT2D eigenvalue weighted by Gasteiger charge is -2.28. The van der Waals surface area contributed by atoms with Gasteiger partial charge in [0.2, 0.25) is 0 Å². The number of nitrogens with zero attached hydrogens (tertiary/aromatic N) is 1. The van der Waals surface area contributed by atoms with Crippen molar-refractivity contribution in [2.24, 2.45) is 0 Å². The molecule has 78 valence electrons. The van der Waals surface area contributed by atoms with E-state index in [4.69, 9.17) is 9.84 Å². The van der Waals surface area contributed by atoms with Gasteiger partial charge >= 0.3 is 5.97 Å². The molecule has 1 aliphatic heterocycles. The van der Waals surface area contributed by atoms with Gasteiger partial charge in [0.05, 0.1) is 13.2 Å². The number of ether oxygens (including phenoxy) is 1. The maximum atomic E-state index is 10.4. The first-order valence-corrected chi connectivity index (χ1v) is 4.64. The van der Waals surface area contributed by atoms with Gasteiger partial charge in [0.25, 0.3) is 0 Å². The number of likely N-dealkylation sites (N-methyl/N-ethyl adjacent to an activating group) is 1. The number of carboxylic acid groups (broad SMARTS) is 1. The molecule has 1 aliphatic rings. The largest absolute Gasteiger partial charge is 0.480 e. The molecule has 4 nitrogen and oxygen atoms in total. The van der Waals surface area contributed by atoms with Crippen molar-refractivity contribution in [3.63, 3.8) is 0 Å². The van der Waals surface area contributed by atoms with Gasteiger partial charge in [-0.15, -0.1) is 0 Å². The minimum atomic E-state index is -0.804. The van der Waals surface area contributed by atoms with Crippen LogP contribution in [0.4, 0.5) is 0 Å². The van der Waals surface area contributed by atoms with E-state index in [1.807, 2.05) is 0 Å². The van der Waals surface area contributed by atoms with E-state index in [9.17, 15) is 4.79 Å². The Kier molecular flexibility index (Phi) is 6.54. The normalized spacial score (nSPS) is 23.2. The maximum absolute atomic E-state index is 10.4. The van der Waals surface area contributed by atoms with Crippen molar-refractivity contribution in [1.29, 1.82) is 0 Å². The summed E-state index contributed by atoms with van der Waals surface area (Å²) in [6.07, 6.45) is 1.25. The van der Waals surface area contributed by atoms with E-state index in [0.717, 1.165) is 0 Å². The Balaban J connectivity index is 0.000000424. The van der Waals surface area contributed by atoms with Crippen LogP contribution in [0.1, 0.15) is 20.3 Å². The maximum Gasteiger partial charge on any atom is 0.323 e. The molecule has 0 bridgehead atoms. The topological polar surface area (TPSA) is 49.8 Å². The molecule has 0 aromatic heterocycles. The summed E-state index contributed by atoms with van der Waals surface area (Å²) in [4.78, 5) is 12.2. The van der Waals surface area contributed by atoms with Gasteiger partial charge < -0.3 is 9.84 Å². The van der Waals surface area contributed by atoms with Crippen LogP contribution in [0.3, 0.4) is 0 Å². The predicted molar refractivity (Wildman–Crippen MR) is 50.8 cm³/mol. The Labute approximate surface area is 79.5 Å². The van der Waals surface area contributed by atoms with Crippen molar-refractivity contribution < 1.29 is 14.6 Å². The molecule has 1 unspecified atom stereocenters. The molecule has 0 aromatic rings. The molecule has 1 N–H and O–H groups in total. The second-order valence-electron chi connectivity index (χ2n) is 3.12. The summed E-state index contributed by atoms with van der Waals surface area (Å²) >= 11 is 0. The molecular formula is C9H19NO3. The number of hydrogen-bond acceptors (Lipinski definition) is 3. The Morgan fingerprint density at radius 3 is 2.46 bits per heavy atom. The molecule has 1 saturated heterocycles. The highest BCUT2D eigenvalue weighted by Crippen LogP contribution is 2.02. The molecule has 0 aliphatic carbocycles. The molecule has 1 fully saturated rings. The Morgan fingerprint density at radius 1 is 1.62 bits per heavy atom. The van der Waals surface area contributed by atoms with Crippen LogP contribution in [-0.2, 0) is 9.53 Å². The second kappa shape index (κ2) is 6.86. The third-order valence-electron chi connectivity index (χ3n) is 1.68. The van der Waals surface area contributed by atoms with Crippen LogP contribution in [0, 0.1) is 0 Å². The van der Waals surface area contributed by atoms with Gasteiger partial charge in [-0.1, -0.05) is 20.3 Å². The SMILES string of the molecule is CCC.CN1CCOCC1C(=O)O. The first-order valence-electron chi connectivity index (χ1n) is 4.64. The first kappa shape index (κ1) is 12.4. The summed E-state index contributed by atoms with van der Waals surface area (Å²) in [5.41, 5.74) is 0. The molecular weight excluding hydrogens is 170 g/mol. The van der Waals surface area contributed by atoms with Crippen molar-refractivity contribution in [2.75, 3.05) is 26.8 Å². The average molecular weight is 189 g/mol. The van der Waals surface area contributed by atoms with Crippen LogP contribution in [0.5, 0.6) is 0 Å². The molecule has 4 heteroatoms. The first-order chi connectivity index (χ1) is 6.13. The van der Waals surface area contributed by atoms with Gasteiger partial charge in [-0.05, 0) is 7.05 Å². The van der Waals surface area contributed by atoms with Crippen LogP contribution < -0.4 is 0 Å². The number of aliphatic carboxylic acids is 1. The smallest absolute Gasteiger partial charge is 0.323 e. The predicted octanol–water partition coefficient (Wildman–Crippen LogP) is 0.818. The van der Waals surface area contributed by atoms with E-state index in [0.29, 0.717) is 19.8 Å². The summed E-state index contributed by atoms with van der Waals surface area (Å²) in [5, 5.41) is 8.59. The second-order valence-corrected chi connectivity index (χ2v) is 3.12. The highest BCUT2D eigenvalue weighted by atomic mass is 16.5.